The van der Waals surface area contributed by atoms with Crippen LogP contribution in [-0.2, 0) is 9.53 Å². The largest absolute Gasteiger partial charge is 0.445 e. The van der Waals surface area contributed by atoms with Gasteiger partial charge in [-0.3, -0.25) is 9.69 Å². The molecule has 1 aliphatic heterocycles. The molecule has 1 aromatic heterocycles. The smallest absolute Gasteiger partial charge is 0.410 e. The van der Waals surface area contributed by atoms with Crippen LogP contribution in [0.1, 0.15) is 62.4 Å². The first-order chi connectivity index (χ1) is 15.9. The topological polar surface area (TPSA) is 112 Å². The van der Waals surface area contributed by atoms with E-state index in [-0.39, 0.29) is 41.4 Å². The van der Waals surface area contributed by atoms with E-state index < -0.39 is 0 Å². The molecule has 2 amide bonds. The maximum atomic E-state index is 13.3. The number of amides is 2. The molecule has 3 atom stereocenters. The van der Waals surface area contributed by atoms with E-state index in [1.54, 1.807) is 4.90 Å². The number of aromatic nitrogens is 2. The number of hydrogen-bond acceptors (Lipinski definition) is 6. The van der Waals surface area contributed by atoms with Crippen LogP contribution in [0.4, 0.5) is 4.79 Å². The van der Waals surface area contributed by atoms with Crippen LogP contribution in [0.5, 0.6) is 0 Å². The Bertz CT molecular complexity index is 1060. The lowest BCUT2D eigenvalue weighted by Crippen LogP contribution is -2.59. The molecule has 8 nitrogen and oxygen atoms in total. The first kappa shape index (κ1) is 20.7. The number of rotatable bonds is 4. The zero-order valence-electron chi connectivity index (χ0n) is 18.9. The molecule has 1 saturated heterocycles. The van der Waals surface area contributed by atoms with Gasteiger partial charge in [-0.25, -0.2) is 4.79 Å². The van der Waals surface area contributed by atoms with Gasteiger partial charge in [-0.15, -0.1) is 10.2 Å². The summed E-state index contributed by atoms with van der Waals surface area (Å²) < 4.78 is 12.1. The first-order valence-corrected chi connectivity index (χ1v) is 12.1. The zero-order chi connectivity index (χ0) is 22.7. The van der Waals surface area contributed by atoms with Crippen molar-refractivity contribution < 1.29 is 18.7 Å². The van der Waals surface area contributed by atoms with E-state index in [2.05, 4.69) is 10.2 Å². The zero-order valence-corrected chi connectivity index (χ0v) is 18.9. The summed E-state index contributed by atoms with van der Waals surface area (Å²) in [6.45, 7) is 2.64. The van der Waals surface area contributed by atoms with E-state index in [1.165, 1.54) is 0 Å². The summed E-state index contributed by atoms with van der Waals surface area (Å²) in [7, 11) is 0. The molecule has 0 spiro atoms. The summed E-state index contributed by atoms with van der Waals surface area (Å²) in [5.41, 5.74) is 7.44. The van der Waals surface area contributed by atoms with Crippen molar-refractivity contribution in [2.75, 3.05) is 6.54 Å². The van der Waals surface area contributed by atoms with Crippen LogP contribution < -0.4 is 5.73 Å². The molecule has 2 aromatic rings. The number of nitrogens with two attached hydrogens (primary N) is 1. The molecule has 174 valence electrons. The van der Waals surface area contributed by atoms with Gasteiger partial charge in [0.05, 0.1) is 5.41 Å². The molecule has 4 bridgehead atoms. The average Bonchev–Trinajstić information content (AvgIpc) is 3.46. The third-order valence-electron chi connectivity index (χ3n) is 8.46. The van der Waals surface area contributed by atoms with E-state index in [1.807, 2.05) is 31.2 Å². The summed E-state index contributed by atoms with van der Waals surface area (Å²) in [4.78, 5) is 27.2. The van der Waals surface area contributed by atoms with Crippen LogP contribution in [0, 0.1) is 30.1 Å². The van der Waals surface area contributed by atoms with Gasteiger partial charge in [-0.1, -0.05) is 17.7 Å². The quantitative estimate of drug-likeness (QED) is 0.754. The lowest BCUT2D eigenvalue weighted by Gasteiger charge is -2.58. The molecule has 5 fully saturated rings. The highest BCUT2D eigenvalue weighted by atomic mass is 16.6. The molecule has 8 heteroatoms. The van der Waals surface area contributed by atoms with Crippen molar-refractivity contribution in [3.63, 3.8) is 0 Å². The van der Waals surface area contributed by atoms with Gasteiger partial charge >= 0.3 is 6.09 Å². The number of carbonyl (C=O) groups excluding carboxylic acids is 2. The van der Waals surface area contributed by atoms with Gasteiger partial charge in [-0.2, -0.15) is 0 Å². The number of nitrogens with zero attached hydrogens (tertiary/aromatic N) is 3. The van der Waals surface area contributed by atoms with Crippen LogP contribution in [0.25, 0.3) is 11.5 Å². The van der Waals surface area contributed by atoms with Crippen molar-refractivity contribution >= 4 is 12.0 Å². The fourth-order valence-electron chi connectivity index (χ4n) is 7.08. The van der Waals surface area contributed by atoms with E-state index in [9.17, 15) is 9.59 Å². The van der Waals surface area contributed by atoms with Gasteiger partial charge in [0.1, 0.15) is 12.1 Å². The highest BCUT2D eigenvalue weighted by molar-refractivity contribution is 5.81. The number of primary amides is 1. The molecule has 4 saturated carbocycles. The van der Waals surface area contributed by atoms with Crippen LogP contribution >= 0.6 is 0 Å². The normalized spacial score (nSPS) is 34.6. The predicted octanol–water partition coefficient (Wildman–Crippen LogP) is 4.00. The van der Waals surface area contributed by atoms with E-state index >= 15 is 0 Å². The van der Waals surface area contributed by atoms with Crippen LogP contribution in [0.15, 0.2) is 28.7 Å². The van der Waals surface area contributed by atoms with E-state index in [0.29, 0.717) is 24.2 Å². The third-order valence-corrected chi connectivity index (χ3v) is 8.46. The highest BCUT2D eigenvalue weighted by Crippen LogP contribution is 2.60. The average molecular weight is 451 g/mol. The molecule has 2 heterocycles. The Hall–Kier alpha value is -2.90. The Morgan fingerprint density at radius 1 is 1.12 bits per heavy atom. The standard InChI is InChI=1S/C25H30N4O4/c1-14-4-6-16(7-5-14)21-27-28-22(33-21)19-3-2-8-29(19)24(31)32-20-17-9-15-10-18(20)13-25(11-15,12-17)23(26)30/h4-7,15,17-20H,2-3,8-13H2,1H3,(H2,26,30). The molecule has 1 aromatic carbocycles. The Labute approximate surface area is 192 Å². The molecule has 7 rings (SSSR count). The minimum atomic E-state index is -0.383. The summed E-state index contributed by atoms with van der Waals surface area (Å²) in [5.74, 6) is 1.73. The van der Waals surface area contributed by atoms with Crippen molar-refractivity contribution in [2.24, 2.45) is 28.9 Å². The molecular formula is C25H30N4O4. The Morgan fingerprint density at radius 3 is 2.55 bits per heavy atom. The summed E-state index contributed by atoms with van der Waals surface area (Å²) >= 11 is 0. The van der Waals surface area contributed by atoms with Gasteiger partial charge in [0.25, 0.3) is 0 Å². The van der Waals surface area contributed by atoms with Crippen molar-refractivity contribution in [1.29, 1.82) is 0 Å². The SMILES string of the molecule is Cc1ccc(-c2nnc(C3CCCN3C(=O)OC3C4CC5CC3CC(C(N)=O)(C5)C4)o2)cc1. The van der Waals surface area contributed by atoms with Crippen LogP contribution in [0.2, 0.25) is 0 Å². The molecular weight excluding hydrogens is 420 g/mol. The van der Waals surface area contributed by atoms with Crippen LogP contribution in [-0.4, -0.2) is 39.7 Å². The van der Waals surface area contributed by atoms with Gasteiger partial charge < -0.3 is 14.9 Å². The Morgan fingerprint density at radius 2 is 1.85 bits per heavy atom. The first-order valence-electron chi connectivity index (χ1n) is 12.1. The maximum absolute atomic E-state index is 13.3. The highest BCUT2D eigenvalue weighted by Gasteiger charge is 2.59. The summed E-state index contributed by atoms with van der Waals surface area (Å²) in [6, 6.07) is 7.66. The second kappa shape index (κ2) is 7.57. The number of likely N-dealkylation sites (tertiary alicyclic amines) is 1. The summed E-state index contributed by atoms with van der Waals surface area (Å²) in [6.07, 6.45) is 5.66. The third kappa shape index (κ3) is 3.42. The Balaban J connectivity index is 1.17. The van der Waals surface area contributed by atoms with Crippen molar-refractivity contribution in [3.8, 4) is 11.5 Å². The number of hydrogen-bond donors (Lipinski definition) is 1. The summed E-state index contributed by atoms with van der Waals surface area (Å²) in [5, 5.41) is 8.48. The second-order valence-electron chi connectivity index (χ2n) is 10.6. The lowest BCUT2D eigenvalue weighted by molar-refractivity contribution is -0.162. The van der Waals surface area contributed by atoms with E-state index in [0.717, 1.165) is 56.1 Å². The van der Waals surface area contributed by atoms with Gasteiger partial charge in [0.15, 0.2) is 0 Å². The number of aryl methyl sites for hydroxylation is 1. The number of ether oxygens (including phenoxy) is 1. The van der Waals surface area contributed by atoms with Gasteiger partial charge in [-0.05, 0) is 81.8 Å². The molecule has 3 unspecified atom stereocenters. The van der Waals surface area contributed by atoms with E-state index in [4.69, 9.17) is 14.9 Å². The van der Waals surface area contributed by atoms with Crippen LogP contribution in [0.3, 0.4) is 0 Å². The molecule has 5 aliphatic rings. The minimum absolute atomic E-state index is 0.131. The molecule has 4 aliphatic carbocycles. The lowest BCUT2D eigenvalue weighted by atomic mass is 9.48. The predicted molar refractivity (Wildman–Crippen MR) is 119 cm³/mol. The molecule has 33 heavy (non-hydrogen) atoms. The molecule has 2 N–H and O–H groups in total. The second-order valence-corrected chi connectivity index (χ2v) is 10.6. The number of benzene rings is 1. The van der Waals surface area contributed by atoms with Crippen molar-refractivity contribution in [3.05, 3.63) is 35.7 Å². The maximum Gasteiger partial charge on any atom is 0.410 e. The monoisotopic (exact) mass is 450 g/mol. The number of carbonyl (C=O) groups is 2. The van der Waals surface area contributed by atoms with Crippen molar-refractivity contribution in [2.45, 2.75) is 64.0 Å². The van der Waals surface area contributed by atoms with Crippen molar-refractivity contribution in [1.82, 2.24) is 15.1 Å². The van der Waals surface area contributed by atoms with Gasteiger partial charge in [0, 0.05) is 12.1 Å². The fraction of sp³-hybridized carbons (Fsp3) is 0.600. The minimum Gasteiger partial charge on any atom is -0.445 e. The fourth-order valence-corrected chi connectivity index (χ4v) is 7.08. The van der Waals surface area contributed by atoms with Gasteiger partial charge in [0.2, 0.25) is 17.7 Å². The Kier molecular flexibility index (Phi) is 4.74. The molecule has 0 radical (unpaired) electrons.